The molecule has 0 radical (unpaired) electrons. The van der Waals surface area contributed by atoms with E-state index in [2.05, 4.69) is 0 Å². The van der Waals surface area contributed by atoms with Gasteiger partial charge in [-0.1, -0.05) is 60.7 Å². The van der Waals surface area contributed by atoms with Crippen molar-refractivity contribution < 1.29 is 9.53 Å². The summed E-state index contributed by atoms with van der Waals surface area (Å²) in [6, 6.07) is 21.7. The lowest BCUT2D eigenvalue weighted by Gasteiger charge is -2.03. The molecule has 0 spiro atoms. The van der Waals surface area contributed by atoms with Gasteiger partial charge in [-0.3, -0.25) is 4.79 Å². The van der Waals surface area contributed by atoms with Crippen molar-refractivity contribution in [3.63, 3.8) is 0 Å². The fourth-order valence-electron chi connectivity index (χ4n) is 2.62. The number of rotatable bonds is 5. The molecule has 108 valence electrons. The molecule has 2 aromatic carbocycles. The maximum absolute atomic E-state index is 12.3. The lowest BCUT2D eigenvalue weighted by atomic mass is 10.1. The lowest BCUT2D eigenvalue weighted by molar-refractivity contribution is -0.143. The van der Waals surface area contributed by atoms with Gasteiger partial charge in [0.25, 0.3) is 0 Å². The molecule has 0 bridgehead atoms. The van der Waals surface area contributed by atoms with E-state index in [1.54, 1.807) is 0 Å². The van der Waals surface area contributed by atoms with Crippen molar-refractivity contribution >= 4 is 17.1 Å². The van der Waals surface area contributed by atoms with E-state index in [9.17, 15) is 4.79 Å². The molecule has 0 aromatic heterocycles. The molecule has 0 amide bonds. The first-order valence-electron chi connectivity index (χ1n) is 7.21. The second-order valence-corrected chi connectivity index (χ2v) is 5.07. The Morgan fingerprint density at radius 1 is 0.955 bits per heavy atom. The van der Waals surface area contributed by atoms with Crippen LogP contribution in [0.1, 0.15) is 17.5 Å². The first-order valence-corrected chi connectivity index (χ1v) is 7.21. The quantitative estimate of drug-likeness (QED) is 0.623. The molecule has 0 heterocycles. The summed E-state index contributed by atoms with van der Waals surface area (Å²) in [6.07, 6.45) is 0.222. The molecule has 2 aromatic rings. The fraction of sp³-hybridized carbons (Fsp3) is 0.158. The zero-order valence-corrected chi connectivity index (χ0v) is 12.0. The van der Waals surface area contributed by atoms with E-state index in [0.29, 0.717) is 0 Å². The van der Waals surface area contributed by atoms with Gasteiger partial charge in [0, 0.05) is 0 Å². The predicted molar refractivity (Wildman–Crippen MR) is 84.4 cm³/mol. The van der Waals surface area contributed by atoms with Crippen LogP contribution in [0.2, 0.25) is 0 Å². The van der Waals surface area contributed by atoms with Gasteiger partial charge in [0.05, 0.1) is 12.5 Å². The average Bonchev–Trinajstić information content (AvgIpc) is 3.32. The van der Waals surface area contributed by atoms with Crippen LogP contribution in [0.25, 0.3) is 11.1 Å². The molecule has 0 saturated heterocycles. The topological polar surface area (TPSA) is 50.1 Å². The Kier molecular flexibility index (Phi) is 4.02. The van der Waals surface area contributed by atoms with Crippen LogP contribution in [0.3, 0.4) is 0 Å². The van der Waals surface area contributed by atoms with Crippen molar-refractivity contribution in [3.8, 4) is 6.07 Å². The molecule has 0 aliphatic heterocycles. The van der Waals surface area contributed by atoms with Gasteiger partial charge in [0.2, 0.25) is 0 Å². The molecular weight excluding hydrogens is 274 g/mol. The second-order valence-electron chi connectivity index (χ2n) is 5.07. The van der Waals surface area contributed by atoms with E-state index in [-0.39, 0.29) is 24.9 Å². The molecular formula is C19H15NO2. The number of ether oxygens (including phenoxy) is 1. The third kappa shape index (κ3) is 2.77. The molecule has 3 rings (SSSR count). The van der Waals surface area contributed by atoms with Crippen molar-refractivity contribution in [2.75, 3.05) is 6.61 Å². The Morgan fingerprint density at radius 3 is 1.91 bits per heavy atom. The monoisotopic (exact) mass is 289 g/mol. The molecule has 22 heavy (non-hydrogen) atoms. The Hall–Kier alpha value is -2.86. The highest BCUT2D eigenvalue weighted by atomic mass is 16.5. The summed E-state index contributed by atoms with van der Waals surface area (Å²) in [7, 11) is 0. The maximum atomic E-state index is 12.3. The van der Waals surface area contributed by atoms with Crippen LogP contribution in [0.4, 0.5) is 0 Å². The lowest BCUT2D eigenvalue weighted by Crippen LogP contribution is -2.10. The van der Waals surface area contributed by atoms with Gasteiger partial charge in [-0.2, -0.15) is 5.26 Å². The highest BCUT2D eigenvalue weighted by Crippen LogP contribution is 2.53. The fourth-order valence-corrected chi connectivity index (χ4v) is 2.62. The van der Waals surface area contributed by atoms with Crippen molar-refractivity contribution in [2.45, 2.75) is 6.42 Å². The van der Waals surface area contributed by atoms with Gasteiger partial charge in [-0.05, 0) is 22.3 Å². The number of hydrogen-bond acceptors (Lipinski definition) is 3. The van der Waals surface area contributed by atoms with Crippen molar-refractivity contribution in [1.82, 2.24) is 0 Å². The van der Waals surface area contributed by atoms with E-state index in [4.69, 9.17) is 10.00 Å². The standard InChI is InChI=1S/C19H15NO2/c20-12-7-13-22-19(21)18-16(14-8-3-1-4-9-14)17(18)15-10-5-2-6-11-15/h1-6,8-11,18H,7,13H2. The zero-order valence-electron chi connectivity index (χ0n) is 12.0. The Bertz CT molecular complexity index is 693. The summed E-state index contributed by atoms with van der Waals surface area (Å²) in [5.41, 5.74) is 4.13. The summed E-state index contributed by atoms with van der Waals surface area (Å²) < 4.78 is 5.21. The van der Waals surface area contributed by atoms with E-state index in [0.717, 1.165) is 22.3 Å². The molecule has 0 unspecified atom stereocenters. The van der Waals surface area contributed by atoms with E-state index >= 15 is 0 Å². The summed E-state index contributed by atoms with van der Waals surface area (Å²) in [5.74, 6) is -0.587. The minimum atomic E-state index is -0.316. The van der Waals surface area contributed by atoms with Gasteiger partial charge < -0.3 is 4.74 Å². The normalized spacial score (nSPS) is 13.6. The Labute approximate surface area is 129 Å². The number of nitriles is 1. The second kappa shape index (κ2) is 6.28. The average molecular weight is 289 g/mol. The molecule has 0 saturated carbocycles. The zero-order chi connectivity index (χ0) is 15.4. The number of esters is 1. The van der Waals surface area contributed by atoms with Crippen LogP contribution in [-0.4, -0.2) is 12.6 Å². The number of nitrogens with zero attached hydrogens (tertiary/aromatic N) is 1. The highest BCUT2D eigenvalue weighted by molar-refractivity contribution is 6.22. The van der Waals surface area contributed by atoms with E-state index < -0.39 is 0 Å². The minimum Gasteiger partial charge on any atom is -0.464 e. The van der Waals surface area contributed by atoms with E-state index in [1.165, 1.54) is 0 Å². The first kappa shape index (κ1) is 14.1. The van der Waals surface area contributed by atoms with Gasteiger partial charge in [0.1, 0.15) is 12.5 Å². The molecule has 3 nitrogen and oxygen atoms in total. The molecule has 0 N–H and O–H groups in total. The number of carbonyl (C=O) groups excluding carboxylic acids is 1. The van der Waals surface area contributed by atoms with Crippen molar-refractivity contribution in [2.24, 2.45) is 5.92 Å². The Morgan fingerprint density at radius 2 is 1.45 bits per heavy atom. The predicted octanol–water partition coefficient (Wildman–Crippen LogP) is 3.68. The summed E-state index contributed by atoms with van der Waals surface area (Å²) in [6.45, 7) is 0.149. The SMILES string of the molecule is N#CCCOC(=O)C1C(c2ccccc2)=C1c1ccccc1. The largest absolute Gasteiger partial charge is 0.464 e. The van der Waals surface area contributed by atoms with Crippen LogP contribution < -0.4 is 0 Å². The smallest absolute Gasteiger partial charge is 0.318 e. The molecule has 1 aliphatic carbocycles. The highest BCUT2D eigenvalue weighted by Gasteiger charge is 2.44. The van der Waals surface area contributed by atoms with Gasteiger partial charge in [-0.15, -0.1) is 0 Å². The molecule has 0 fully saturated rings. The van der Waals surface area contributed by atoms with E-state index in [1.807, 2.05) is 66.7 Å². The minimum absolute atomic E-state index is 0.149. The maximum Gasteiger partial charge on any atom is 0.318 e. The van der Waals surface area contributed by atoms with Crippen LogP contribution >= 0.6 is 0 Å². The molecule has 1 aliphatic rings. The summed E-state index contributed by atoms with van der Waals surface area (Å²) in [4.78, 5) is 12.3. The van der Waals surface area contributed by atoms with Crippen LogP contribution in [0, 0.1) is 17.2 Å². The molecule has 0 atom stereocenters. The van der Waals surface area contributed by atoms with Gasteiger partial charge in [-0.25, -0.2) is 0 Å². The number of hydrogen-bond donors (Lipinski definition) is 0. The van der Waals surface area contributed by atoms with Gasteiger partial charge >= 0.3 is 5.97 Å². The third-order valence-corrected chi connectivity index (χ3v) is 3.65. The van der Waals surface area contributed by atoms with Crippen LogP contribution in [0.15, 0.2) is 60.7 Å². The van der Waals surface area contributed by atoms with Gasteiger partial charge in [0.15, 0.2) is 0 Å². The Balaban J connectivity index is 1.86. The molecule has 3 heteroatoms. The summed E-state index contributed by atoms with van der Waals surface area (Å²) >= 11 is 0. The number of carbonyl (C=O) groups is 1. The van der Waals surface area contributed by atoms with Crippen LogP contribution in [-0.2, 0) is 9.53 Å². The number of benzene rings is 2. The van der Waals surface area contributed by atoms with Crippen molar-refractivity contribution in [3.05, 3.63) is 71.8 Å². The first-order chi connectivity index (χ1) is 10.8. The third-order valence-electron chi connectivity index (χ3n) is 3.65. The van der Waals surface area contributed by atoms with Crippen LogP contribution in [0.5, 0.6) is 0 Å². The summed E-state index contributed by atoms with van der Waals surface area (Å²) in [5, 5.41) is 8.54. The van der Waals surface area contributed by atoms with Crippen molar-refractivity contribution in [1.29, 1.82) is 5.26 Å².